The number of phenols is 1. The number of allylic oxidation sites excluding steroid dienone is 3. The van der Waals surface area contributed by atoms with Gasteiger partial charge in [0.25, 0.3) is 0 Å². The van der Waals surface area contributed by atoms with Crippen molar-refractivity contribution in [2.75, 3.05) is 6.54 Å². The summed E-state index contributed by atoms with van der Waals surface area (Å²) in [5, 5.41) is 23.7. The molecule has 0 fully saturated rings. The number of nitrogens with one attached hydrogen (secondary N) is 1. The van der Waals surface area contributed by atoms with Crippen LogP contribution in [0.3, 0.4) is 0 Å². The van der Waals surface area contributed by atoms with E-state index in [4.69, 9.17) is 4.74 Å². The molecule has 0 aliphatic heterocycles. The first-order valence-electron chi connectivity index (χ1n) is 10.6. The van der Waals surface area contributed by atoms with Crippen molar-refractivity contribution < 1.29 is 24.5 Å². The SMILES string of the molecule is C=C(C)[C@@H]1CCC(C)=C[C@H]1c1c(O)cc(CCCCC)cc1OC(=O)NCC(=O)[O-]. The predicted octanol–water partition coefficient (Wildman–Crippen LogP) is 3.98. The second-order valence-electron chi connectivity index (χ2n) is 8.13. The van der Waals surface area contributed by atoms with Crippen LogP contribution in [0.25, 0.3) is 0 Å². The van der Waals surface area contributed by atoms with E-state index in [0.29, 0.717) is 5.56 Å². The molecular weight excluding hydrogens is 382 g/mol. The van der Waals surface area contributed by atoms with Gasteiger partial charge in [-0.05, 0) is 63.1 Å². The van der Waals surface area contributed by atoms with Crippen LogP contribution in [-0.2, 0) is 11.2 Å². The standard InChI is InChI=1S/C24H33NO5/c1-5-6-7-8-17-12-20(26)23(19-11-16(4)9-10-18(19)15(2)3)21(13-17)30-24(29)25-14-22(27)28/h11-13,18-19,26H,2,5-10,14H2,1,3-4H3,(H,25,29)(H,27,28)/p-1/t18-,19+/m0/s1. The quantitative estimate of drug-likeness (QED) is 0.470. The summed E-state index contributed by atoms with van der Waals surface area (Å²) in [5.74, 6) is -1.14. The molecule has 6 nitrogen and oxygen atoms in total. The van der Waals surface area contributed by atoms with Crippen molar-refractivity contribution in [2.24, 2.45) is 5.92 Å². The van der Waals surface area contributed by atoms with E-state index in [0.717, 1.165) is 49.7 Å². The molecule has 1 aromatic rings. The lowest BCUT2D eigenvalue weighted by Crippen LogP contribution is -2.39. The van der Waals surface area contributed by atoms with Crippen LogP contribution >= 0.6 is 0 Å². The first-order valence-corrected chi connectivity index (χ1v) is 10.6. The summed E-state index contributed by atoms with van der Waals surface area (Å²) in [7, 11) is 0. The molecule has 30 heavy (non-hydrogen) atoms. The minimum absolute atomic E-state index is 0.0777. The number of rotatable bonds is 9. The van der Waals surface area contributed by atoms with Gasteiger partial charge < -0.3 is 25.1 Å². The predicted molar refractivity (Wildman–Crippen MR) is 114 cm³/mol. The van der Waals surface area contributed by atoms with E-state index >= 15 is 0 Å². The molecule has 1 aliphatic carbocycles. The summed E-state index contributed by atoms with van der Waals surface area (Å²) in [4.78, 5) is 22.8. The normalized spacial score (nSPS) is 18.4. The molecular formula is C24H32NO5-. The minimum Gasteiger partial charge on any atom is -0.548 e. The summed E-state index contributed by atoms with van der Waals surface area (Å²) in [6, 6.07) is 3.51. The zero-order valence-electron chi connectivity index (χ0n) is 18.1. The smallest absolute Gasteiger partial charge is 0.412 e. The van der Waals surface area contributed by atoms with Gasteiger partial charge in [-0.1, -0.05) is 43.6 Å². The van der Waals surface area contributed by atoms with Gasteiger partial charge in [0, 0.05) is 11.5 Å². The number of carboxylic acids is 1. The molecule has 1 aromatic carbocycles. The van der Waals surface area contributed by atoms with E-state index in [1.807, 2.05) is 13.8 Å². The van der Waals surface area contributed by atoms with Crippen molar-refractivity contribution in [1.29, 1.82) is 0 Å². The van der Waals surface area contributed by atoms with Gasteiger partial charge in [-0.15, -0.1) is 0 Å². The summed E-state index contributed by atoms with van der Waals surface area (Å²) in [5.41, 5.74) is 3.61. The Labute approximate surface area is 178 Å². The fourth-order valence-corrected chi connectivity index (χ4v) is 4.00. The Balaban J connectivity index is 2.45. The fraction of sp³-hybridized carbons (Fsp3) is 0.500. The highest BCUT2D eigenvalue weighted by Gasteiger charge is 2.31. The molecule has 0 bridgehead atoms. The van der Waals surface area contributed by atoms with Gasteiger partial charge in [-0.2, -0.15) is 0 Å². The van der Waals surface area contributed by atoms with Crippen LogP contribution < -0.4 is 15.2 Å². The second-order valence-corrected chi connectivity index (χ2v) is 8.13. The van der Waals surface area contributed by atoms with Crippen LogP contribution in [0.15, 0.2) is 35.9 Å². The third-order valence-corrected chi connectivity index (χ3v) is 5.54. The van der Waals surface area contributed by atoms with Crippen molar-refractivity contribution in [2.45, 2.75) is 65.2 Å². The van der Waals surface area contributed by atoms with E-state index in [9.17, 15) is 19.8 Å². The molecule has 1 aliphatic rings. The molecule has 0 saturated heterocycles. The van der Waals surface area contributed by atoms with Gasteiger partial charge in [0.15, 0.2) is 0 Å². The number of benzene rings is 1. The number of unbranched alkanes of at least 4 members (excludes halogenated alkanes) is 2. The number of carboxylic acid groups (broad SMARTS) is 1. The first-order chi connectivity index (χ1) is 14.2. The van der Waals surface area contributed by atoms with Crippen molar-refractivity contribution >= 4 is 12.1 Å². The van der Waals surface area contributed by atoms with Gasteiger partial charge in [0.2, 0.25) is 0 Å². The molecule has 0 aromatic heterocycles. The Morgan fingerprint density at radius 1 is 1.33 bits per heavy atom. The highest BCUT2D eigenvalue weighted by molar-refractivity contribution is 5.77. The summed E-state index contributed by atoms with van der Waals surface area (Å²) >= 11 is 0. The van der Waals surface area contributed by atoms with Crippen molar-refractivity contribution in [3.05, 3.63) is 47.1 Å². The number of ether oxygens (including phenoxy) is 1. The lowest BCUT2D eigenvalue weighted by molar-refractivity contribution is -0.303. The lowest BCUT2D eigenvalue weighted by atomic mass is 9.73. The van der Waals surface area contributed by atoms with Crippen LogP contribution in [0.5, 0.6) is 11.5 Å². The molecule has 0 unspecified atom stereocenters. The molecule has 164 valence electrons. The van der Waals surface area contributed by atoms with Gasteiger partial charge in [-0.25, -0.2) is 4.79 Å². The molecule has 6 heteroatoms. The molecule has 1 amide bonds. The number of aromatic hydroxyl groups is 1. The van der Waals surface area contributed by atoms with E-state index in [2.05, 4.69) is 24.9 Å². The highest BCUT2D eigenvalue weighted by Crippen LogP contribution is 2.47. The second kappa shape index (κ2) is 10.9. The monoisotopic (exact) mass is 414 g/mol. The molecule has 0 radical (unpaired) electrons. The molecule has 2 rings (SSSR count). The van der Waals surface area contributed by atoms with Crippen LogP contribution in [0.4, 0.5) is 4.79 Å². The Bertz CT molecular complexity index is 827. The molecule has 0 spiro atoms. The number of aryl methyl sites for hydroxylation is 1. The van der Waals surface area contributed by atoms with E-state index in [1.165, 1.54) is 5.57 Å². The molecule has 0 saturated carbocycles. The van der Waals surface area contributed by atoms with Crippen molar-refractivity contribution in [3.8, 4) is 11.5 Å². The van der Waals surface area contributed by atoms with Gasteiger partial charge in [0.1, 0.15) is 11.5 Å². The maximum Gasteiger partial charge on any atom is 0.412 e. The maximum absolute atomic E-state index is 12.2. The van der Waals surface area contributed by atoms with Crippen LogP contribution in [-0.4, -0.2) is 23.7 Å². The largest absolute Gasteiger partial charge is 0.548 e. The number of aliphatic carboxylic acids is 1. The summed E-state index contributed by atoms with van der Waals surface area (Å²) < 4.78 is 5.48. The van der Waals surface area contributed by atoms with Crippen molar-refractivity contribution in [3.63, 3.8) is 0 Å². The third-order valence-electron chi connectivity index (χ3n) is 5.54. The van der Waals surface area contributed by atoms with E-state index < -0.39 is 18.6 Å². The average molecular weight is 415 g/mol. The Morgan fingerprint density at radius 3 is 2.70 bits per heavy atom. The fourth-order valence-electron chi connectivity index (χ4n) is 4.00. The topological polar surface area (TPSA) is 98.7 Å². The number of phenolic OH excluding ortho intramolecular Hbond substituents is 1. The highest BCUT2D eigenvalue weighted by atomic mass is 16.6. The molecule has 0 heterocycles. The Hall–Kier alpha value is -2.76. The minimum atomic E-state index is -1.41. The van der Waals surface area contributed by atoms with Crippen LogP contribution in [0.2, 0.25) is 0 Å². The van der Waals surface area contributed by atoms with Gasteiger partial charge in [-0.3, -0.25) is 0 Å². The lowest BCUT2D eigenvalue weighted by Gasteiger charge is -2.32. The Morgan fingerprint density at radius 2 is 2.07 bits per heavy atom. The van der Waals surface area contributed by atoms with E-state index in [-0.39, 0.29) is 23.3 Å². The molecule has 2 N–H and O–H groups in total. The Kier molecular flexibility index (Phi) is 8.51. The maximum atomic E-state index is 12.2. The summed E-state index contributed by atoms with van der Waals surface area (Å²) in [6.45, 7) is 9.60. The van der Waals surface area contributed by atoms with E-state index in [1.54, 1.807) is 12.1 Å². The third kappa shape index (κ3) is 6.37. The number of hydrogen-bond donors (Lipinski definition) is 2. The summed E-state index contributed by atoms with van der Waals surface area (Å²) in [6.07, 6.45) is 6.90. The zero-order chi connectivity index (χ0) is 22.3. The van der Waals surface area contributed by atoms with Crippen LogP contribution in [0.1, 0.15) is 69.9 Å². The number of carbonyl (C=O) groups excluding carboxylic acids is 2. The molecule has 2 atom stereocenters. The van der Waals surface area contributed by atoms with Gasteiger partial charge in [0.05, 0.1) is 12.5 Å². The van der Waals surface area contributed by atoms with Crippen LogP contribution in [0, 0.1) is 5.92 Å². The first kappa shape index (κ1) is 23.5. The van der Waals surface area contributed by atoms with Gasteiger partial charge >= 0.3 is 6.09 Å². The number of amides is 1. The van der Waals surface area contributed by atoms with Crippen molar-refractivity contribution in [1.82, 2.24) is 5.32 Å². The average Bonchev–Trinajstić information content (AvgIpc) is 2.66. The number of carbonyl (C=O) groups is 2. The zero-order valence-corrected chi connectivity index (χ0v) is 18.1. The number of hydrogen-bond acceptors (Lipinski definition) is 5.